The number of hydrogen-bond donors (Lipinski definition) is 1. The maximum atomic E-state index is 12.0. The van der Waals surface area contributed by atoms with Crippen LogP contribution in [0.15, 0.2) is 24.3 Å². The van der Waals surface area contributed by atoms with Crippen molar-refractivity contribution >= 4 is 5.69 Å². The van der Waals surface area contributed by atoms with Gasteiger partial charge in [-0.25, -0.2) is 0 Å². The van der Waals surface area contributed by atoms with Gasteiger partial charge in [0.1, 0.15) is 0 Å². The van der Waals surface area contributed by atoms with Crippen LogP contribution in [0.5, 0.6) is 0 Å². The van der Waals surface area contributed by atoms with E-state index < -0.39 is 12.6 Å². The molecule has 0 aliphatic heterocycles. The highest BCUT2D eigenvalue weighted by atomic mass is 19.4. The van der Waals surface area contributed by atoms with Crippen molar-refractivity contribution in [3.63, 3.8) is 0 Å². The summed E-state index contributed by atoms with van der Waals surface area (Å²) in [5, 5.41) is 2.97. The molecular formula is C10H12F3N. The van der Waals surface area contributed by atoms with Gasteiger partial charge >= 0.3 is 6.18 Å². The second-order valence-electron chi connectivity index (χ2n) is 3.02. The SMILES string of the molecule is CCNc1cccc(CC(F)(F)F)c1. The van der Waals surface area contributed by atoms with Crippen molar-refractivity contribution in [1.82, 2.24) is 0 Å². The van der Waals surface area contributed by atoms with Crippen LogP contribution in [-0.2, 0) is 6.42 Å². The van der Waals surface area contributed by atoms with Crippen LogP contribution in [0, 0.1) is 0 Å². The van der Waals surface area contributed by atoms with Crippen LogP contribution >= 0.6 is 0 Å². The molecule has 78 valence electrons. The number of nitrogens with one attached hydrogen (secondary N) is 1. The summed E-state index contributed by atoms with van der Waals surface area (Å²) in [6.45, 7) is 2.60. The van der Waals surface area contributed by atoms with Gasteiger partial charge in [-0.05, 0) is 24.6 Å². The second-order valence-corrected chi connectivity index (χ2v) is 3.02. The van der Waals surface area contributed by atoms with E-state index in [1.807, 2.05) is 6.92 Å². The Kier molecular flexibility index (Phi) is 3.38. The van der Waals surface area contributed by atoms with Crippen molar-refractivity contribution in [2.45, 2.75) is 19.5 Å². The zero-order valence-corrected chi connectivity index (χ0v) is 7.86. The fourth-order valence-corrected chi connectivity index (χ4v) is 1.23. The van der Waals surface area contributed by atoms with E-state index in [9.17, 15) is 13.2 Å². The fourth-order valence-electron chi connectivity index (χ4n) is 1.23. The van der Waals surface area contributed by atoms with E-state index in [4.69, 9.17) is 0 Å². The summed E-state index contributed by atoms with van der Waals surface area (Å²) in [4.78, 5) is 0. The summed E-state index contributed by atoms with van der Waals surface area (Å²) in [5.74, 6) is 0. The molecule has 14 heavy (non-hydrogen) atoms. The minimum Gasteiger partial charge on any atom is -0.385 e. The third-order valence-electron chi connectivity index (χ3n) is 1.71. The lowest BCUT2D eigenvalue weighted by atomic mass is 10.1. The van der Waals surface area contributed by atoms with Crippen LogP contribution in [0.25, 0.3) is 0 Å². The lowest BCUT2D eigenvalue weighted by Gasteiger charge is -2.08. The van der Waals surface area contributed by atoms with Crippen molar-refractivity contribution in [1.29, 1.82) is 0 Å². The number of benzene rings is 1. The second kappa shape index (κ2) is 4.35. The van der Waals surface area contributed by atoms with E-state index in [0.717, 1.165) is 5.69 Å². The number of anilines is 1. The molecule has 0 aromatic heterocycles. The molecule has 0 saturated carbocycles. The highest BCUT2D eigenvalue weighted by Crippen LogP contribution is 2.22. The number of rotatable bonds is 3. The van der Waals surface area contributed by atoms with E-state index in [0.29, 0.717) is 6.54 Å². The third kappa shape index (κ3) is 3.68. The normalized spacial score (nSPS) is 11.4. The average molecular weight is 203 g/mol. The molecule has 0 spiro atoms. The van der Waals surface area contributed by atoms with Gasteiger partial charge < -0.3 is 5.32 Å². The molecule has 4 heteroatoms. The molecule has 0 bridgehead atoms. The Labute approximate surface area is 80.9 Å². The smallest absolute Gasteiger partial charge is 0.385 e. The van der Waals surface area contributed by atoms with E-state index in [1.165, 1.54) is 12.1 Å². The van der Waals surface area contributed by atoms with Gasteiger partial charge in [-0.2, -0.15) is 13.2 Å². The Balaban J connectivity index is 2.73. The lowest BCUT2D eigenvalue weighted by Crippen LogP contribution is -2.11. The van der Waals surface area contributed by atoms with Crippen molar-refractivity contribution in [2.24, 2.45) is 0 Å². The van der Waals surface area contributed by atoms with Gasteiger partial charge in [0.05, 0.1) is 6.42 Å². The van der Waals surface area contributed by atoms with Crippen LogP contribution in [0.4, 0.5) is 18.9 Å². The van der Waals surface area contributed by atoms with Gasteiger partial charge in [-0.3, -0.25) is 0 Å². The van der Waals surface area contributed by atoms with E-state index in [-0.39, 0.29) is 5.56 Å². The fraction of sp³-hybridized carbons (Fsp3) is 0.400. The molecule has 0 fully saturated rings. The number of alkyl halides is 3. The summed E-state index contributed by atoms with van der Waals surface area (Å²) in [6.07, 6.45) is -5.00. The Morgan fingerprint density at radius 3 is 2.57 bits per heavy atom. The first kappa shape index (κ1) is 10.9. The zero-order chi connectivity index (χ0) is 10.6. The van der Waals surface area contributed by atoms with Crippen LogP contribution in [-0.4, -0.2) is 12.7 Å². The first-order valence-corrected chi connectivity index (χ1v) is 4.41. The molecule has 1 aromatic carbocycles. The summed E-state index contributed by atoms with van der Waals surface area (Å²) >= 11 is 0. The first-order chi connectivity index (χ1) is 6.51. The van der Waals surface area contributed by atoms with Crippen LogP contribution < -0.4 is 5.32 Å². The van der Waals surface area contributed by atoms with Crippen LogP contribution in [0.1, 0.15) is 12.5 Å². The summed E-state index contributed by atoms with van der Waals surface area (Å²) in [5.41, 5.74) is 1.02. The largest absolute Gasteiger partial charge is 0.393 e. The Hall–Kier alpha value is -1.19. The molecule has 0 amide bonds. The summed E-state index contributed by atoms with van der Waals surface area (Å²) < 4.78 is 36.1. The maximum absolute atomic E-state index is 12.0. The van der Waals surface area contributed by atoms with Gasteiger partial charge in [0.25, 0.3) is 0 Å². The molecule has 0 atom stereocenters. The molecule has 1 rings (SSSR count). The van der Waals surface area contributed by atoms with Crippen molar-refractivity contribution in [2.75, 3.05) is 11.9 Å². The van der Waals surface area contributed by atoms with Crippen molar-refractivity contribution in [3.8, 4) is 0 Å². The number of hydrogen-bond acceptors (Lipinski definition) is 1. The zero-order valence-electron chi connectivity index (χ0n) is 7.86. The van der Waals surface area contributed by atoms with E-state index in [1.54, 1.807) is 12.1 Å². The van der Waals surface area contributed by atoms with Gasteiger partial charge in [0.15, 0.2) is 0 Å². The predicted octanol–water partition coefficient (Wildman–Crippen LogP) is 3.22. The third-order valence-corrected chi connectivity index (χ3v) is 1.71. The monoisotopic (exact) mass is 203 g/mol. The van der Waals surface area contributed by atoms with Crippen LogP contribution in [0.3, 0.4) is 0 Å². The van der Waals surface area contributed by atoms with E-state index in [2.05, 4.69) is 5.32 Å². The highest BCUT2D eigenvalue weighted by molar-refractivity contribution is 5.45. The molecule has 0 aliphatic carbocycles. The van der Waals surface area contributed by atoms with Gasteiger partial charge in [-0.1, -0.05) is 12.1 Å². The first-order valence-electron chi connectivity index (χ1n) is 4.41. The standard InChI is InChI=1S/C10H12F3N/c1-2-14-9-5-3-4-8(6-9)7-10(11,12)13/h3-6,14H,2,7H2,1H3. The van der Waals surface area contributed by atoms with E-state index >= 15 is 0 Å². The molecule has 1 N–H and O–H groups in total. The number of halogens is 3. The molecular weight excluding hydrogens is 191 g/mol. The van der Waals surface area contributed by atoms with Gasteiger partial charge in [-0.15, -0.1) is 0 Å². The Bertz CT molecular complexity index is 294. The topological polar surface area (TPSA) is 12.0 Å². The molecule has 0 unspecified atom stereocenters. The minimum atomic E-state index is -4.13. The minimum absolute atomic E-state index is 0.288. The molecule has 1 nitrogen and oxygen atoms in total. The summed E-state index contributed by atoms with van der Waals surface area (Å²) in [6, 6.07) is 6.38. The van der Waals surface area contributed by atoms with Crippen molar-refractivity contribution in [3.05, 3.63) is 29.8 Å². The van der Waals surface area contributed by atoms with Crippen molar-refractivity contribution < 1.29 is 13.2 Å². The van der Waals surface area contributed by atoms with Gasteiger partial charge in [0.2, 0.25) is 0 Å². The van der Waals surface area contributed by atoms with Gasteiger partial charge in [0, 0.05) is 12.2 Å². The summed E-state index contributed by atoms with van der Waals surface area (Å²) in [7, 11) is 0. The predicted molar refractivity (Wildman–Crippen MR) is 50.4 cm³/mol. The molecule has 0 aliphatic rings. The Morgan fingerprint density at radius 1 is 1.29 bits per heavy atom. The molecule has 0 heterocycles. The molecule has 1 aromatic rings. The quantitative estimate of drug-likeness (QED) is 0.795. The molecule has 0 saturated heterocycles. The average Bonchev–Trinajstić information content (AvgIpc) is 2.02. The van der Waals surface area contributed by atoms with Crippen LogP contribution in [0.2, 0.25) is 0 Å². The Morgan fingerprint density at radius 2 is 2.00 bits per heavy atom. The molecule has 0 radical (unpaired) electrons. The lowest BCUT2D eigenvalue weighted by molar-refractivity contribution is -0.127. The maximum Gasteiger partial charge on any atom is 0.393 e. The highest BCUT2D eigenvalue weighted by Gasteiger charge is 2.27.